The molecule has 25 heavy (non-hydrogen) atoms. The predicted octanol–water partition coefficient (Wildman–Crippen LogP) is 2.89. The zero-order valence-corrected chi connectivity index (χ0v) is 14.7. The molecule has 3 aliphatic rings. The van der Waals surface area contributed by atoms with Crippen LogP contribution in [0.15, 0.2) is 48.5 Å². The molecule has 2 aromatic carbocycles. The van der Waals surface area contributed by atoms with Crippen molar-refractivity contribution in [3.8, 4) is 0 Å². The molecule has 5 rings (SSSR count). The van der Waals surface area contributed by atoms with E-state index in [-0.39, 0.29) is 0 Å². The van der Waals surface area contributed by atoms with Gasteiger partial charge in [-0.2, -0.15) is 0 Å². The number of likely N-dealkylation sites (tertiary alicyclic amines) is 1. The van der Waals surface area contributed by atoms with Crippen LogP contribution in [0.1, 0.15) is 28.3 Å². The average molecular weight is 334 g/mol. The molecule has 3 nitrogen and oxygen atoms in total. The summed E-state index contributed by atoms with van der Waals surface area (Å²) in [6.07, 6.45) is 2.31. The summed E-state index contributed by atoms with van der Waals surface area (Å²) in [5.74, 6) is 0. The summed E-state index contributed by atoms with van der Waals surface area (Å²) in [6, 6.07) is 19.3. The van der Waals surface area contributed by atoms with E-state index in [1.165, 1.54) is 35.3 Å². The van der Waals surface area contributed by atoms with Crippen molar-refractivity contribution < 1.29 is 4.74 Å². The molecule has 0 bridgehead atoms. The fourth-order valence-electron chi connectivity index (χ4n) is 4.76. The molecule has 0 atom stereocenters. The highest BCUT2D eigenvalue weighted by Crippen LogP contribution is 2.39. The van der Waals surface area contributed by atoms with Crippen LogP contribution in [0.4, 0.5) is 0 Å². The first-order valence-corrected chi connectivity index (χ1v) is 9.61. The molecule has 130 valence electrons. The summed E-state index contributed by atoms with van der Waals surface area (Å²) in [7, 11) is 0. The number of aryl methyl sites for hydroxylation is 2. The zero-order chi connectivity index (χ0) is 16.6. The van der Waals surface area contributed by atoms with E-state index < -0.39 is 0 Å². The molecule has 0 unspecified atom stereocenters. The van der Waals surface area contributed by atoms with Crippen LogP contribution in [0.2, 0.25) is 0 Å². The zero-order valence-electron chi connectivity index (χ0n) is 14.7. The molecule has 2 fully saturated rings. The second-order valence-corrected chi connectivity index (χ2v) is 7.56. The van der Waals surface area contributed by atoms with E-state index in [9.17, 15) is 0 Å². The summed E-state index contributed by atoms with van der Waals surface area (Å²) in [5.41, 5.74) is 6.10. The Morgan fingerprint density at radius 2 is 1.28 bits per heavy atom. The number of morpholine rings is 1. The fraction of sp³-hybridized carbons (Fsp3) is 0.455. The molecule has 0 radical (unpaired) electrons. The highest BCUT2D eigenvalue weighted by Gasteiger charge is 2.39. The Morgan fingerprint density at radius 3 is 1.88 bits per heavy atom. The molecule has 2 saturated heterocycles. The molecular weight excluding hydrogens is 308 g/mol. The van der Waals surface area contributed by atoms with Crippen molar-refractivity contribution in [3.63, 3.8) is 0 Å². The van der Waals surface area contributed by atoms with Crippen molar-refractivity contribution in [1.29, 1.82) is 0 Å². The van der Waals surface area contributed by atoms with Gasteiger partial charge in [0.15, 0.2) is 0 Å². The van der Waals surface area contributed by atoms with Crippen molar-refractivity contribution in [3.05, 3.63) is 70.8 Å². The second kappa shape index (κ2) is 6.56. The van der Waals surface area contributed by atoms with Crippen LogP contribution in [0.3, 0.4) is 0 Å². The van der Waals surface area contributed by atoms with Crippen LogP contribution in [0.5, 0.6) is 0 Å². The molecule has 0 N–H and O–H groups in total. The van der Waals surface area contributed by atoms with Gasteiger partial charge in [0.1, 0.15) is 0 Å². The second-order valence-electron chi connectivity index (χ2n) is 7.56. The van der Waals surface area contributed by atoms with E-state index in [1.54, 1.807) is 0 Å². The topological polar surface area (TPSA) is 15.7 Å². The Morgan fingerprint density at radius 1 is 0.720 bits per heavy atom. The van der Waals surface area contributed by atoms with Gasteiger partial charge in [-0.05, 0) is 35.1 Å². The lowest BCUT2D eigenvalue weighted by molar-refractivity contribution is -0.0408. The first-order valence-electron chi connectivity index (χ1n) is 9.61. The molecule has 3 heteroatoms. The lowest BCUT2D eigenvalue weighted by Crippen LogP contribution is -2.62. The van der Waals surface area contributed by atoms with Gasteiger partial charge in [0.2, 0.25) is 0 Å². The van der Waals surface area contributed by atoms with E-state index in [2.05, 4.69) is 58.3 Å². The molecular formula is C22H26N2O. The number of hydrogen-bond donors (Lipinski definition) is 0. The molecule has 1 aliphatic carbocycles. The number of nitrogens with zero attached hydrogens (tertiary/aromatic N) is 2. The van der Waals surface area contributed by atoms with Gasteiger partial charge in [0.25, 0.3) is 0 Å². The Balaban J connectivity index is 1.44. The molecule has 2 heterocycles. The fourth-order valence-corrected chi connectivity index (χ4v) is 4.76. The third-order valence-corrected chi connectivity index (χ3v) is 6.18. The SMILES string of the molecule is c1ccc2c(c1)CCc1ccccc1C2N1CC(N2CCOCC2)C1. The van der Waals surface area contributed by atoms with Crippen molar-refractivity contribution in [2.45, 2.75) is 24.9 Å². The summed E-state index contributed by atoms with van der Waals surface area (Å²) in [4.78, 5) is 5.30. The van der Waals surface area contributed by atoms with E-state index in [0.717, 1.165) is 39.1 Å². The molecule has 0 amide bonds. The van der Waals surface area contributed by atoms with Gasteiger partial charge in [-0.1, -0.05) is 48.5 Å². The van der Waals surface area contributed by atoms with E-state index in [0.29, 0.717) is 12.1 Å². The van der Waals surface area contributed by atoms with E-state index in [4.69, 9.17) is 4.74 Å². The van der Waals surface area contributed by atoms with Gasteiger partial charge in [-0.25, -0.2) is 0 Å². The summed E-state index contributed by atoms with van der Waals surface area (Å²) in [5, 5.41) is 0. The number of benzene rings is 2. The normalized spacial score (nSPS) is 22.7. The minimum atomic E-state index is 0.423. The summed E-state index contributed by atoms with van der Waals surface area (Å²) < 4.78 is 5.52. The largest absolute Gasteiger partial charge is 0.379 e. The minimum absolute atomic E-state index is 0.423. The molecule has 2 aromatic rings. The third kappa shape index (κ3) is 2.80. The quantitative estimate of drug-likeness (QED) is 0.840. The summed E-state index contributed by atoms with van der Waals surface area (Å²) in [6.45, 7) is 6.32. The van der Waals surface area contributed by atoms with Crippen molar-refractivity contribution in [2.75, 3.05) is 39.4 Å². The van der Waals surface area contributed by atoms with Crippen molar-refractivity contribution in [2.24, 2.45) is 0 Å². The van der Waals surface area contributed by atoms with Crippen LogP contribution in [0, 0.1) is 0 Å². The van der Waals surface area contributed by atoms with Crippen LogP contribution in [-0.4, -0.2) is 55.2 Å². The van der Waals surface area contributed by atoms with Crippen LogP contribution >= 0.6 is 0 Å². The third-order valence-electron chi connectivity index (χ3n) is 6.18. The smallest absolute Gasteiger partial charge is 0.0608 e. The Kier molecular flexibility index (Phi) is 4.09. The molecule has 0 aromatic heterocycles. The monoisotopic (exact) mass is 334 g/mol. The van der Waals surface area contributed by atoms with Crippen LogP contribution in [-0.2, 0) is 17.6 Å². The van der Waals surface area contributed by atoms with Gasteiger partial charge in [0.05, 0.1) is 19.3 Å². The highest BCUT2D eigenvalue weighted by molar-refractivity contribution is 5.44. The number of rotatable bonds is 2. The van der Waals surface area contributed by atoms with Crippen molar-refractivity contribution >= 4 is 0 Å². The van der Waals surface area contributed by atoms with Crippen molar-refractivity contribution in [1.82, 2.24) is 9.80 Å². The minimum Gasteiger partial charge on any atom is -0.379 e. The average Bonchev–Trinajstić information content (AvgIpc) is 2.79. The number of hydrogen-bond acceptors (Lipinski definition) is 3. The van der Waals surface area contributed by atoms with E-state index in [1.807, 2.05) is 0 Å². The number of fused-ring (bicyclic) bond motifs is 2. The van der Waals surface area contributed by atoms with Gasteiger partial charge < -0.3 is 4.74 Å². The maximum Gasteiger partial charge on any atom is 0.0608 e. The lowest BCUT2D eigenvalue weighted by Gasteiger charge is -2.50. The first-order chi connectivity index (χ1) is 12.4. The maximum atomic E-state index is 5.52. The van der Waals surface area contributed by atoms with Gasteiger partial charge >= 0.3 is 0 Å². The van der Waals surface area contributed by atoms with Gasteiger partial charge in [-0.15, -0.1) is 0 Å². The van der Waals surface area contributed by atoms with Gasteiger partial charge in [0, 0.05) is 32.2 Å². The predicted molar refractivity (Wildman–Crippen MR) is 99.9 cm³/mol. The Bertz CT molecular complexity index is 700. The highest BCUT2D eigenvalue weighted by atomic mass is 16.5. The van der Waals surface area contributed by atoms with E-state index >= 15 is 0 Å². The number of ether oxygens (including phenoxy) is 1. The lowest BCUT2D eigenvalue weighted by atomic mass is 9.90. The van der Waals surface area contributed by atoms with Crippen LogP contribution < -0.4 is 0 Å². The molecule has 0 saturated carbocycles. The Hall–Kier alpha value is -1.68. The van der Waals surface area contributed by atoms with Crippen LogP contribution in [0.25, 0.3) is 0 Å². The summed E-state index contributed by atoms with van der Waals surface area (Å²) >= 11 is 0. The maximum absolute atomic E-state index is 5.52. The molecule has 0 spiro atoms. The molecule has 2 aliphatic heterocycles. The van der Waals surface area contributed by atoms with Gasteiger partial charge in [-0.3, -0.25) is 9.80 Å². The first kappa shape index (κ1) is 15.6. The standard InChI is InChI=1S/C22H26N2O/c1-3-7-20-17(5-1)9-10-18-6-2-4-8-21(18)22(20)24-15-19(16-24)23-11-13-25-14-12-23/h1-8,19,22H,9-16H2. The Labute approximate surface area is 150 Å².